The van der Waals surface area contributed by atoms with Crippen LogP contribution in [0.3, 0.4) is 0 Å². The van der Waals surface area contributed by atoms with Crippen molar-refractivity contribution in [1.29, 1.82) is 0 Å². The standard InChI is InChI=1S/C15H20N2O4/c1-9-3-4-10(2)17(8-9)15(21)16-11-5-6-13(18)12(7-11)14(19)20/h5-7,9-10,18H,3-4,8H2,1-2H3,(H,16,21)(H,19,20). The van der Waals surface area contributed by atoms with Crippen LogP contribution in [0.1, 0.15) is 37.0 Å². The van der Waals surface area contributed by atoms with E-state index in [1.165, 1.54) is 18.2 Å². The molecule has 2 unspecified atom stereocenters. The summed E-state index contributed by atoms with van der Waals surface area (Å²) in [5.41, 5.74) is 0.133. The summed E-state index contributed by atoms with van der Waals surface area (Å²) < 4.78 is 0. The van der Waals surface area contributed by atoms with Gasteiger partial charge in [-0.25, -0.2) is 9.59 Å². The van der Waals surface area contributed by atoms with Crippen LogP contribution in [0.25, 0.3) is 0 Å². The number of nitrogens with one attached hydrogen (secondary N) is 1. The minimum atomic E-state index is -1.23. The molecule has 0 aromatic heterocycles. The van der Waals surface area contributed by atoms with E-state index in [4.69, 9.17) is 5.11 Å². The van der Waals surface area contributed by atoms with E-state index >= 15 is 0 Å². The van der Waals surface area contributed by atoms with Crippen molar-refractivity contribution in [2.45, 2.75) is 32.7 Å². The van der Waals surface area contributed by atoms with E-state index in [9.17, 15) is 14.7 Å². The number of hydrogen-bond donors (Lipinski definition) is 3. The van der Waals surface area contributed by atoms with Gasteiger partial charge in [-0.15, -0.1) is 0 Å². The average Bonchev–Trinajstić information content (AvgIpc) is 2.43. The van der Waals surface area contributed by atoms with Gasteiger partial charge in [0, 0.05) is 18.3 Å². The summed E-state index contributed by atoms with van der Waals surface area (Å²) >= 11 is 0. The van der Waals surface area contributed by atoms with Crippen LogP contribution in [0.5, 0.6) is 5.75 Å². The number of urea groups is 1. The maximum absolute atomic E-state index is 12.3. The van der Waals surface area contributed by atoms with Gasteiger partial charge in [0.05, 0.1) is 0 Å². The number of carbonyl (C=O) groups is 2. The molecular weight excluding hydrogens is 272 g/mol. The van der Waals surface area contributed by atoms with Gasteiger partial charge in [-0.05, 0) is 43.9 Å². The van der Waals surface area contributed by atoms with E-state index in [0.717, 1.165) is 12.8 Å². The summed E-state index contributed by atoms with van der Waals surface area (Å²) in [6, 6.07) is 3.93. The Morgan fingerprint density at radius 2 is 2.00 bits per heavy atom. The molecule has 3 N–H and O–H groups in total. The van der Waals surface area contributed by atoms with Gasteiger partial charge in [0.15, 0.2) is 0 Å². The Bertz CT molecular complexity index is 559. The van der Waals surface area contributed by atoms with E-state index in [1.54, 1.807) is 4.90 Å². The van der Waals surface area contributed by atoms with Gasteiger partial charge in [0.2, 0.25) is 0 Å². The van der Waals surface area contributed by atoms with Crippen molar-refractivity contribution >= 4 is 17.7 Å². The molecule has 1 aromatic carbocycles. The number of aromatic hydroxyl groups is 1. The molecule has 6 heteroatoms. The molecule has 0 aliphatic carbocycles. The first-order chi connectivity index (χ1) is 9.88. The molecule has 6 nitrogen and oxygen atoms in total. The zero-order valence-electron chi connectivity index (χ0n) is 12.2. The number of hydrogen-bond acceptors (Lipinski definition) is 3. The number of piperidine rings is 1. The summed E-state index contributed by atoms with van der Waals surface area (Å²) in [7, 11) is 0. The van der Waals surface area contributed by atoms with E-state index < -0.39 is 5.97 Å². The first kappa shape index (κ1) is 15.2. The zero-order valence-corrected chi connectivity index (χ0v) is 12.2. The zero-order chi connectivity index (χ0) is 15.6. The molecule has 1 aromatic rings. The number of benzene rings is 1. The molecule has 2 rings (SSSR count). The first-order valence-corrected chi connectivity index (χ1v) is 7.02. The molecule has 2 atom stereocenters. The number of aromatic carboxylic acids is 1. The van der Waals surface area contributed by atoms with Gasteiger partial charge in [0.25, 0.3) is 0 Å². The molecule has 114 valence electrons. The highest BCUT2D eigenvalue weighted by Crippen LogP contribution is 2.24. The third-order valence-corrected chi connectivity index (χ3v) is 3.86. The molecule has 1 aliphatic heterocycles. The molecule has 1 saturated heterocycles. The van der Waals surface area contributed by atoms with Crippen LogP contribution in [-0.2, 0) is 0 Å². The van der Waals surface area contributed by atoms with Gasteiger partial charge in [-0.1, -0.05) is 6.92 Å². The van der Waals surface area contributed by atoms with Crippen molar-refractivity contribution in [3.63, 3.8) is 0 Å². The maximum atomic E-state index is 12.3. The summed E-state index contributed by atoms with van der Waals surface area (Å²) in [6.07, 6.45) is 2.07. The van der Waals surface area contributed by atoms with Gasteiger partial charge < -0.3 is 20.4 Å². The second-order valence-corrected chi connectivity index (χ2v) is 5.65. The van der Waals surface area contributed by atoms with Crippen molar-refractivity contribution in [2.24, 2.45) is 5.92 Å². The number of nitrogens with zero attached hydrogens (tertiary/aromatic N) is 1. The fourth-order valence-electron chi connectivity index (χ4n) is 2.55. The lowest BCUT2D eigenvalue weighted by molar-refractivity contribution is 0.0693. The molecule has 2 amide bonds. The number of carbonyl (C=O) groups excluding carboxylic acids is 1. The maximum Gasteiger partial charge on any atom is 0.339 e. The summed E-state index contributed by atoms with van der Waals surface area (Å²) in [6.45, 7) is 4.80. The van der Waals surface area contributed by atoms with Crippen LogP contribution in [0.15, 0.2) is 18.2 Å². The number of anilines is 1. The predicted octanol–water partition coefficient (Wildman–Crippen LogP) is 2.74. The van der Waals surface area contributed by atoms with E-state index in [1.807, 2.05) is 6.92 Å². The molecule has 1 heterocycles. The fourth-order valence-corrected chi connectivity index (χ4v) is 2.55. The van der Waals surface area contributed by atoms with Crippen LogP contribution in [-0.4, -0.2) is 39.7 Å². The van der Waals surface area contributed by atoms with Crippen molar-refractivity contribution in [3.05, 3.63) is 23.8 Å². The van der Waals surface area contributed by atoms with Crippen molar-refractivity contribution < 1.29 is 19.8 Å². The highest BCUT2D eigenvalue weighted by atomic mass is 16.4. The van der Waals surface area contributed by atoms with Gasteiger partial charge in [-0.3, -0.25) is 0 Å². The molecular formula is C15H20N2O4. The molecule has 1 aliphatic rings. The van der Waals surface area contributed by atoms with E-state index in [0.29, 0.717) is 18.2 Å². The molecule has 0 saturated carbocycles. The molecule has 1 fully saturated rings. The summed E-state index contributed by atoms with van der Waals surface area (Å²) in [5.74, 6) is -1.09. The van der Waals surface area contributed by atoms with Gasteiger partial charge in [0.1, 0.15) is 11.3 Å². The van der Waals surface area contributed by atoms with Crippen LogP contribution in [0, 0.1) is 5.92 Å². The fraction of sp³-hybridized carbons (Fsp3) is 0.467. The lowest BCUT2D eigenvalue weighted by Crippen LogP contribution is -2.46. The highest BCUT2D eigenvalue weighted by molar-refractivity contribution is 5.95. The Balaban J connectivity index is 2.12. The third kappa shape index (κ3) is 3.45. The Labute approximate surface area is 123 Å². The molecule has 21 heavy (non-hydrogen) atoms. The second kappa shape index (κ2) is 6.03. The van der Waals surface area contributed by atoms with Crippen LogP contribution < -0.4 is 5.32 Å². The minimum Gasteiger partial charge on any atom is -0.507 e. The lowest BCUT2D eigenvalue weighted by Gasteiger charge is -2.36. The van der Waals surface area contributed by atoms with Crippen molar-refractivity contribution in [3.8, 4) is 5.75 Å². The smallest absolute Gasteiger partial charge is 0.339 e. The highest BCUT2D eigenvalue weighted by Gasteiger charge is 2.27. The van der Waals surface area contributed by atoms with Crippen LogP contribution in [0.2, 0.25) is 0 Å². The quantitative estimate of drug-likeness (QED) is 0.731. The number of carboxylic acid groups (broad SMARTS) is 1. The Kier molecular flexibility index (Phi) is 4.35. The molecule has 0 radical (unpaired) electrons. The van der Waals surface area contributed by atoms with Crippen LogP contribution >= 0.6 is 0 Å². The van der Waals surface area contributed by atoms with Gasteiger partial charge in [-0.2, -0.15) is 0 Å². The largest absolute Gasteiger partial charge is 0.507 e. The number of phenols is 1. The summed E-state index contributed by atoms with van der Waals surface area (Å²) in [4.78, 5) is 25.0. The van der Waals surface area contributed by atoms with Crippen LogP contribution in [0.4, 0.5) is 10.5 Å². The third-order valence-electron chi connectivity index (χ3n) is 3.86. The normalized spacial score (nSPS) is 21.9. The average molecular weight is 292 g/mol. The topological polar surface area (TPSA) is 89.9 Å². The predicted molar refractivity (Wildman–Crippen MR) is 78.7 cm³/mol. The van der Waals surface area contributed by atoms with E-state index in [2.05, 4.69) is 12.2 Å². The first-order valence-electron chi connectivity index (χ1n) is 7.02. The summed E-state index contributed by atoms with van der Waals surface area (Å²) in [5, 5.41) is 21.1. The number of likely N-dealkylation sites (tertiary alicyclic amines) is 1. The number of carboxylic acids is 1. The number of rotatable bonds is 2. The van der Waals surface area contributed by atoms with Crippen molar-refractivity contribution in [2.75, 3.05) is 11.9 Å². The second-order valence-electron chi connectivity index (χ2n) is 5.65. The Morgan fingerprint density at radius 3 is 2.67 bits per heavy atom. The minimum absolute atomic E-state index is 0.164. The monoisotopic (exact) mass is 292 g/mol. The number of amides is 2. The molecule has 0 spiro atoms. The Hall–Kier alpha value is -2.24. The van der Waals surface area contributed by atoms with Crippen molar-refractivity contribution in [1.82, 2.24) is 4.90 Å². The molecule has 0 bridgehead atoms. The van der Waals surface area contributed by atoms with E-state index in [-0.39, 0.29) is 23.4 Å². The Morgan fingerprint density at radius 1 is 1.29 bits per heavy atom. The SMILES string of the molecule is CC1CCC(C)N(C(=O)Nc2ccc(O)c(C(=O)O)c2)C1. The van der Waals surface area contributed by atoms with Gasteiger partial charge >= 0.3 is 12.0 Å². The lowest BCUT2D eigenvalue weighted by atomic mass is 9.95.